The third-order valence-corrected chi connectivity index (χ3v) is 2.52. The summed E-state index contributed by atoms with van der Waals surface area (Å²) < 4.78 is 10.5. The molecule has 1 aromatic rings. The average Bonchev–Trinajstić information content (AvgIpc) is 2.25. The van der Waals surface area contributed by atoms with E-state index in [1.165, 1.54) is 0 Å². The zero-order valence-corrected chi connectivity index (χ0v) is 11.9. The Morgan fingerprint density at radius 3 is 2.00 bits per heavy atom. The van der Waals surface area contributed by atoms with E-state index in [1.807, 2.05) is 25.2 Å². The second-order valence-electron chi connectivity index (χ2n) is 5.21. The molecule has 18 heavy (non-hydrogen) atoms. The topological polar surface area (TPSA) is 41.9 Å². The summed E-state index contributed by atoms with van der Waals surface area (Å²) in [5, 5.41) is 9.78. The molecule has 0 amide bonds. The van der Waals surface area contributed by atoms with E-state index in [0.717, 1.165) is 23.6 Å². The number of likely N-dealkylation sites (N-methyl/N-ethyl adjacent to an activating group) is 1. The fourth-order valence-electron chi connectivity index (χ4n) is 1.99. The largest absolute Gasteiger partial charge is 0.497 e. The first-order valence-electron chi connectivity index (χ1n) is 5.97. The molecule has 0 spiro atoms. The molecular formula is C14H23NO3. The van der Waals surface area contributed by atoms with Crippen molar-refractivity contribution < 1.29 is 14.6 Å². The lowest BCUT2D eigenvalue weighted by Gasteiger charge is -2.25. The van der Waals surface area contributed by atoms with Gasteiger partial charge in [-0.05, 0) is 38.6 Å². The zero-order valence-electron chi connectivity index (χ0n) is 11.9. The quantitative estimate of drug-likeness (QED) is 0.841. The van der Waals surface area contributed by atoms with Crippen LogP contribution in [-0.4, -0.2) is 43.4 Å². The average molecular weight is 253 g/mol. The minimum atomic E-state index is -0.697. The summed E-state index contributed by atoms with van der Waals surface area (Å²) in [7, 11) is 5.25. The fourth-order valence-corrected chi connectivity index (χ4v) is 1.99. The molecule has 0 aromatic heterocycles. The number of rotatable bonds is 6. The summed E-state index contributed by atoms with van der Waals surface area (Å²) in [6.45, 7) is 4.94. The third-order valence-electron chi connectivity index (χ3n) is 2.52. The molecule has 0 bridgehead atoms. The summed E-state index contributed by atoms with van der Waals surface area (Å²) >= 11 is 0. The van der Waals surface area contributed by atoms with Gasteiger partial charge in [-0.2, -0.15) is 0 Å². The van der Waals surface area contributed by atoms with Crippen molar-refractivity contribution >= 4 is 0 Å². The predicted octanol–water partition coefficient (Wildman–Crippen LogP) is 1.91. The van der Waals surface area contributed by atoms with E-state index in [4.69, 9.17) is 9.47 Å². The van der Waals surface area contributed by atoms with Gasteiger partial charge in [0.1, 0.15) is 11.5 Å². The van der Waals surface area contributed by atoms with Crippen molar-refractivity contribution in [2.24, 2.45) is 0 Å². The van der Waals surface area contributed by atoms with Crippen molar-refractivity contribution in [2.45, 2.75) is 26.0 Å². The second-order valence-corrected chi connectivity index (χ2v) is 5.21. The number of hydrogen-bond acceptors (Lipinski definition) is 4. The molecule has 1 rings (SSSR count). The Balaban J connectivity index is 2.77. The minimum absolute atomic E-state index is 0.604. The van der Waals surface area contributed by atoms with E-state index in [2.05, 4.69) is 4.90 Å². The van der Waals surface area contributed by atoms with Crippen LogP contribution in [0.3, 0.4) is 0 Å². The fraction of sp³-hybridized carbons (Fsp3) is 0.571. The van der Waals surface area contributed by atoms with Crippen LogP contribution >= 0.6 is 0 Å². The van der Waals surface area contributed by atoms with E-state index < -0.39 is 5.60 Å². The van der Waals surface area contributed by atoms with Crippen LogP contribution in [-0.2, 0) is 6.54 Å². The number of hydrogen-bond donors (Lipinski definition) is 1. The Morgan fingerprint density at radius 2 is 1.61 bits per heavy atom. The number of aliphatic hydroxyl groups is 1. The lowest BCUT2D eigenvalue weighted by atomic mass is 10.1. The van der Waals surface area contributed by atoms with Crippen LogP contribution in [0.25, 0.3) is 0 Å². The third kappa shape index (κ3) is 4.94. The highest BCUT2D eigenvalue weighted by Gasteiger charge is 2.16. The summed E-state index contributed by atoms with van der Waals surface area (Å²) in [5.74, 6) is 1.56. The van der Waals surface area contributed by atoms with Crippen molar-refractivity contribution in [3.63, 3.8) is 0 Å². The first kappa shape index (κ1) is 14.8. The van der Waals surface area contributed by atoms with Gasteiger partial charge in [0.05, 0.1) is 19.8 Å². The Hall–Kier alpha value is -1.26. The lowest BCUT2D eigenvalue weighted by molar-refractivity contribution is 0.0424. The highest BCUT2D eigenvalue weighted by atomic mass is 16.5. The minimum Gasteiger partial charge on any atom is -0.497 e. The van der Waals surface area contributed by atoms with Crippen LogP contribution in [0.4, 0.5) is 0 Å². The molecule has 1 aromatic carbocycles. The Bertz CT molecular complexity index is 363. The molecule has 4 heteroatoms. The molecule has 0 atom stereocenters. The summed E-state index contributed by atoms with van der Waals surface area (Å²) in [4.78, 5) is 2.06. The molecule has 1 N–H and O–H groups in total. The smallest absolute Gasteiger partial charge is 0.122 e. The van der Waals surface area contributed by atoms with Gasteiger partial charge in [-0.25, -0.2) is 0 Å². The maximum Gasteiger partial charge on any atom is 0.122 e. The molecule has 4 nitrogen and oxygen atoms in total. The van der Waals surface area contributed by atoms with Crippen molar-refractivity contribution in [1.29, 1.82) is 0 Å². The number of ether oxygens (including phenoxy) is 2. The highest BCUT2D eigenvalue weighted by molar-refractivity contribution is 5.38. The van der Waals surface area contributed by atoms with Crippen LogP contribution in [0.2, 0.25) is 0 Å². The molecular weight excluding hydrogens is 230 g/mol. The normalized spacial score (nSPS) is 11.7. The van der Waals surface area contributed by atoms with Crippen molar-refractivity contribution in [2.75, 3.05) is 27.8 Å². The molecule has 0 saturated carbocycles. The van der Waals surface area contributed by atoms with Crippen LogP contribution in [0.15, 0.2) is 18.2 Å². The second kappa shape index (κ2) is 6.07. The molecule has 0 aliphatic heterocycles. The van der Waals surface area contributed by atoms with Gasteiger partial charge in [0.25, 0.3) is 0 Å². The predicted molar refractivity (Wildman–Crippen MR) is 72.2 cm³/mol. The van der Waals surface area contributed by atoms with Gasteiger partial charge in [0.15, 0.2) is 0 Å². The standard InChI is InChI=1S/C14H23NO3/c1-14(2,16)10-15(3)9-11-6-12(17-4)8-13(7-11)18-5/h6-8,16H,9-10H2,1-5H3. The maximum atomic E-state index is 9.78. The van der Waals surface area contributed by atoms with Crippen molar-refractivity contribution in [1.82, 2.24) is 4.90 Å². The van der Waals surface area contributed by atoms with E-state index in [9.17, 15) is 5.11 Å². The summed E-state index contributed by atoms with van der Waals surface area (Å²) in [5.41, 5.74) is 0.399. The van der Waals surface area contributed by atoms with Crippen molar-refractivity contribution in [3.05, 3.63) is 23.8 Å². The van der Waals surface area contributed by atoms with Gasteiger partial charge in [-0.3, -0.25) is 4.90 Å². The SMILES string of the molecule is COc1cc(CN(C)CC(C)(C)O)cc(OC)c1. The maximum absolute atomic E-state index is 9.78. The van der Waals surface area contributed by atoms with Crippen molar-refractivity contribution in [3.8, 4) is 11.5 Å². The van der Waals surface area contributed by atoms with E-state index in [-0.39, 0.29) is 0 Å². The van der Waals surface area contributed by atoms with Crippen LogP contribution in [0.5, 0.6) is 11.5 Å². The zero-order chi connectivity index (χ0) is 13.8. The number of benzene rings is 1. The summed E-state index contributed by atoms with van der Waals surface area (Å²) in [6, 6.07) is 5.80. The first-order chi connectivity index (χ1) is 8.34. The highest BCUT2D eigenvalue weighted by Crippen LogP contribution is 2.23. The van der Waals surface area contributed by atoms with Gasteiger partial charge in [-0.1, -0.05) is 0 Å². The molecule has 0 radical (unpaired) electrons. The summed E-state index contributed by atoms with van der Waals surface area (Å²) in [6.07, 6.45) is 0. The molecule has 0 aliphatic carbocycles. The first-order valence-corrected chi connectivity index (χ1v) is 5.97. The Labute approximate surface area is 109 Å². The van der Waals surface area contributed by atoms with Crippen LogP contribution < -0.4 is 9.47 Å². The Kier molecular flexibility index (Phi) is 4.99. The van der Waals surface area contributed by atoms with Crippen LogP contribution in [0.1, 0.15) is 19.4 Å². The molecule has 0 unspecified atom stereocenters. The molecule has 0 fully saturated rings. The van der Waals surface area contributed by atoms with Gasteiger partial charge < -0.3 is 14.6 Å². The number of nitrogens with zero attached hydrogens (tertiary/aromatic N) is 1. The van der Waals surface area contributed by atoms with Gasteiger partial charge in [-0.15, -0.1) is 0 Å². The van der Waals surface area contributed by atoms with Crippen LogP contribution in [0, 0.1) is 0 Å². The molecule has 0 aliphatic rings. The lowest BCUT2D eigenvalue weighted by Crippen LogP contribution is -2.35. The van der Waals surface area contributed by atoms with Gasteiger partial charge >= 0.3 is 0 Å². The molecule has 0 heterocycles. The molecule has 102 valence electrons. The van der Waals surface area contributed by atoms with E-state index in [1.54, 1.807) is 28.1 Å². The monoisotopic (exact) mass is 253 g/mol. The Morgan fingerprint density at radius 1 is 1.11 bits per heavy atom. The molecule has 0 saturated heterocycles. The van der Waals surface area contributed by atoms with Gasteiger partial charge in [0.2, 0.25) is 0 Å². The number of methoxy groups -OCH3 is 2. The van der Waals surface area contributed by atoms with Gasteiger partial charge in [0, 0.05) is 19.2 Å². The van der Waals surface area contributed by atoms with E-state index in [0.29, 0.717) is 6.54 Å². The van der Waals surface area contributed by atoms with E-state index >= 15 is 0 Å².